The van der Waals surface area contributed by atoms with Gasteiger partial charge < -0.3 is 10.2 Å². The molecule has 0 saturated carbocycles. The molecule has 0 radical (unpaired) electrons. The SMILES string of the molecule is CC1CN(C(=O)C(Cl)Cl)C(c2ccccc2)CN1. The van der Waals surface area contributed by atoms with Crippen LogP contribution in [0.4, 0.5) is 0 Å². The first kappa shape index (κ1) is 13.7. The molecule has 1 aromatic carbocycles. The van der Waals surface area contributed by atoms with Crippen LogP contribution in [-0.4, -0.2) is 34.8 Å². The van der Waals surface area contributed by atoms with Crippen LogP contribution in [0.5, 0.6) is 0 Å². The number of hydrogen-bond acceptors (Lipinski definition) is 2. The number of hydrogen-bond donors (Lipinski definition) is 1. The average Bonchev–Trinajstić information content (AvgIpc) is 2.38. The van der Waals surface area contributed by atoms with Gasteiger partial charge in [-0.2, -0.15) is 0 Å². The van der Waals surface area contributed by atoms with Gasteiger partial charge >= 0.3 is 0 Å². The van der Waals surface area contributed by atoms with Crippen molar-refractivity contribution in [3.8, 4) is 0 Å². The molecule has 1 amide bonds. The van der Waals surface area contributed by atoms with Crippen molar-refractivity contribution in [2.75, 3.05) is 13.1 Å². The maximum atomic E-state index is 12.1. The average molecular weight is 287 g/mol. The molecule has 1 aromatic rings. The Hall–Kier alpha value is -0.770. The van der Waals surface area contributed by atoms with E-state index in [1.54, 1.807) is 4.90 Å². The maximum Gasteiger partial charge on any atom is 0.256 e. The zero-order valence-corrected chi connectivity index (χ0v) is 11.7. The Balaban J connectivity index is 2.24. The zero-order valence-electron chi connectivity index (χ0n) is 10.1. The van der Waals surface area contributed by atoms with Crippen LogP contribution in [0.2, 0.25) is 0 Å². The summed E-state index contributed by atoms with van der Waals surface area (Å²) in [5, 5.41) is 3.37. The monoisotopic (exact) mass is 286 g/mol. The molecule has 2 rings (SSSR count). The minimum Gasteiger partial charge on any atom is -0.330 e. The van der Waals surface area contributed by atoms with Crippen molar-refractivity contribution in [1.82, 2.24) is 10.2 Å². The fourth-order valence-electron chi connectivity index (χ4n) is 2.25. The first-order chi connectivity index (χ1) is 8.59. The number of nitrogens with one attached hydrogen (secondary N) is 1. The number of amides is 1. The Morgan fingerprint density at radius 3 is 2.67 bits per heavy atom. The first-order valence-electron chi connectivity index (χ1n) is 5.96. The number of carbonyl (C=O) groups excluding carboxylic acids is 1. The molecule has 1 aliphatic rings. The van der Waals surface area contributed by atoms with Gasteiger partial charge in [-0.15, -0.1) is 0 Å². The highest BCUT2D eigenvalue weighted by Gasteiger charge is 2.32. The van der Waals surface area contributed by atoms with E-state index in [9.17, 15) is 4.79 Å². The van der Waals surface area contributed by atoms with Crippen LogP contribution in [0.3, 0.4) is 0 Å². The molecule has 1 saturated heterocycles. The van der Waals surface area contributed by atoms with Crippen LogP contribution in [0, 0.1) is 0 Å². The predicted octanol–water partition coefficient (Wildman–Crippen LogP) is 2.35. The fourth-order valence-corrected chi connectivity index (χ4v) is 2.50. The second-order valence-corrected chi connectivity index (χ2v) is 5.62. The Morgan fingerprint density at radius 1 is 1.39 bits per heavy atom. The van der Waals surface area contributed by atoms with Crippen LogP contribution >= 0.6 is 23.2 Å². The van der Waals surface area contributed by atoms with Crippen LogP contribution < -0.4 is 5.32 Å². The van der Waals surface area contributed by atoms with Gasteiger partial charge in [-0.3, -0.25) is 4.79 Å². The van der Waals surface area contributed by atoms with Crippen molar-refractivity contribution in [2.24, 2.45) is 0 Å². The maximum absolute atomic E-state index is 12.1. The molecule has 2 unspecified atom stereocenters. The van der Waals surface area contributed by atoms with Gasteiger partial charge in [0.1, 0.15) is 0 Å². The lowest BCUT2D eigenvalue weighted by atomic mass is 10.0. The zero-order chi connectivity index (χ0) is 13.1. The summed E-state index contributed by atoms with van der Waals surface area (Å²) in [6.45, 7) is 3.38. The van der Waals surface area contributed by atoms with Crippen LogP contribution in [0.1, 0.15) is 18.5 Å². The van der Waals surface area contributed by atoms with E-state index in [2.05, 4.69) is 5.32 Å². The van der Waals surface area contributed by atoms with Gasteiger partial charge in [0.25, 0.3) is 5.91 Å². The molecular formula is C13H16Cl2N2O. The number of piperazine rings is 1. The lowest BCUT2D eigenvalue weighted by Crippen LogP contribution is -2.54. The largest absolute Gasteiger partial charge is 0.330 e. The molecule has 1 aliphatic heterocycles. The van der Waals surface area contributed by atoms with E-state index >= 15 is 0 Å². The summed E-state index contributed by atoms with van der Waals surface area (Å²) in [7, 11) is 0. The predicted molar refractivity (Wildman–Crippen MR) is 73.9 cm³/mol. The summed E-state index contributed by atoms with van der Waals surface area (Å²) in [6.07, 6.45) is 0. The number of alkyl halides is 2. The van der Waals surface area contributed by atoms with Crippen molar-refractivity contribution >= 4 is 29.1 Å². The highest BCUT2D eigenvalue weighted by Crippen LogP contribution is 2.25. The second kappa shape index (κ2) is 5.91. The third-order valence-corrected chi connectivity index (χ3v) is 3.53. The molecule has 3 nitrogen and oxygen atoms in total. The fraction of sp³-hybridized carbons (Fsp3) is 0.462. The van der Waals surface area contributed by atoms with E-state index in [1.807, 2.05) is 37.3 Å². The third-order valence-electron chi connectivity index (χ3n) is 3.16. The molecule has 0 aliphatic carbocycles. The van der Waals surface area contributed by atoms with E-state index in [0.29, 0.717) is 6.54 Å². The molecule has 1 N–H and O–H groups in total. The van der Waals surface area contributed by atoms with Crippen molar-refractivity contribution in [2.45, 2.75) is 23.8 Å². The molecule has 5 heteroatoms. The topological polar surface area (TPSA) is 32.3 Å². The van der Waals surface area contributed by atoms with Gasteiger partial charge in [-0.25, -0.2) is 0 Å². The van der Waals surface area contributed by atoms with Gasteiger partial charge in [0.2, 0.25) is 0 Å². The van der Waals surface area contributed by atoms with Crippen molar-refractivity contribution in [1.29, 1.82) is 0 Å². The Bertz CT molecular complexity index is 411. The van der Waals surface area contributed by atoms with Crippen LogP contribution in [-0.2, 0) is 4.79 Å². The summed E-state index contributed by atoms with van der Waals surface area (Å²) >= 11 is 11.4. The van der Waals surface area contributed by atoms with Crippen molar-refractivity contribution in [3.05, 3.63) is 35.9 Å². The summed E-state index contributed by atoms with van der Waals surface area (Å²) in [6, 6.07) is 10.2. The van der Waals surface area contributed by atoms with Gasteiger partial charge in [0.05, 0.1) is 6.04 Å². The van der Waals surface area contributed by atoms with E-state index in [-0.39, 0.29) is 18.0 Å². The number of carbonyl (C=O) groups is 1. The summed E-state index contributed by atoms with van der Waals surface area (Å²) in [4.78, 5) is 12.8. The molecule has 0 aromatic heterocycles. The standard InChI is InChI=1S/C13H16Cl2N2O/c1-9-8-17(13(18)12(14)15)11(7-16-9)10-5-3-2-4-6-10/h2-6,9,11-12,16H,7-8H2,1H3. The Labute approximate surface area is 117 Å². The van der Waals surface area contributed by atoms with E-state index in [4.69, 9.17) is 23.2 Å². The molecular weight excluding hydrogens is 271 g/mol. The molecule has 18 heavy (non-hydrogen) atoms. The van der Waals surface area contributed by atoms with Crippen molar-refractivity contribution < 1.29 is 4.79 Å². The molecule has 2 atom stereocenters. The minimum absolute atomic E-state index is 0.00472. The van der Waals surface area contributed by atoms with E-state index in [0.717, 1.165) is 12.1 Å². The summed E-state index contributed by atoms with van der Waals surface area (Å²) in [5.41, 5.74) is 1.10. The molecule has 1 fully saturated rings. The lowest BCUT2D eigenvalue weighted by Gasteiger charge is -2.40. The molecule has 1 heterocycles. The molecule has 0 bridgehead atoms. The number of nitrogens with zero attached hydrogens (tertiary/aromatic N) is 1. The van der Waals surface area contributed by atoms with Gasteiger partial charge in [-0.05, 0) is 12.5 Å². The first-order valence-corrected chi connectivity index (χ1v) is 6.84. The highest BCUT2D eigenvalue weighted by molar-refractivity contribution is 6.53. The van der Waals surface area contributed by atoms with Gasteiger partial charge in [0, 0.05) is 19.1 Å². The molecule has 0 spiro atoms. The number of halogens is 2. The van der Waals surface area contributed by atoms with Crippen LogP contribution in [0.25, 0.3) is 0 Å². The van der Waals surface area contributed by atoms with E-state index < -0.39 is 4.84 Å². The van der Waals surface area contributed by atoms with Crippen LogP contribution in [0.15, 0.2) is 30.3 Å². The Kier molecular flexibility index (Phi) is 4.49. The second-order valence-electron chi connectivity index (χ2n) is 4.53. The quantitative estimate of drug-likeness (QED) is 0.847. The van der Waals surface area contributed by atoms with Gasteiger partial charge in [-0.1, -0.05) is 53.5 Å². The van der Waals surface area contributed by atoms with E-state index in [1.165, 1.54) is 0 Å². The third kappa shape index (κ3) is 2.97. The lowest BCUT2D eigenvalue weighted by molar-refractivity contribution is -0.133. The smallest absolute Gasteiger partial charge is 0.256 e. The summed E-state index contributed by atoms with van der Waals surface area (Å²) in [5.74, 6) is -0.222. The highest BCUT2D eigenvalue weighted by atomic mass is 35.5. The molecule has 98 valence electrons. The normalized spacial score (nSPS) is 24.3. The number of rotatable bonds is 2. The van der Waals surface area contributed by atoms with Crippen molar-refractivity contribution in [3.63, 3.8) is 0 Å². The van der Waals surface area contributed by atoms with Gasteiger partial charge in [0.15, 0.2) is 4.84 Å². The minimum atomic E-state index is -0.999. The number of benzene rings is 1. The Morgan fingerprint density at radius 2 is 2.06 bits per heavy atom. The summed E-state index contributed by atoms with van der Waals surface area (Å²) < 4.78 is 0.